The third-order valence-corrected chi connectivity index (χ3v) is 1.36. The van der Waals surface area contributed by atoms with Crippen molar-refractivity contribution >= 4 is 6.34 Å². The van der Waals surface area contributed by atoms with E-state index in [1.54, 1.807) is 6.34 Å². The van der Waals surface area contributed by atoms with Gasteiger partial charge in [-0.3, -0.25) is 4.99 Å². The lowest BCUT2D eigenvalue weighted by Gasteiger charge is -2.13. The standard InChI is InChI=1S/C6H10N2O/c1-4-6(9)5(2)8-3-7-4/h3-4,9H,1-2H3,(H,7,8). The Morgan fingerprint density at radius 3 is 2.89 bits per heavy atom. The molecule has 1 heterocycles. The Balaban J connectivity index is 2.79. The minimum absolute atomic E-state index is 0.0775. The van der Waals surface area contributed by atoms with Crippen molar-refractivity contribution in [1.29, 1.82) is 0 Å². The number of nitrogens with zero attached hydrogens (tertiary/aromatic N) is 1. The van der Waals surface area contributed by atoms with Gasteiger partial charge < -0.3 is 10.4 Å². The van der Waals surface area contributed by atoms with Crippen molar-refractivity contribution in [3.8, 4) is 0 Å². The summed E-state index contributed by atoms with van der Waals surface area (Å²) in [6.45, 7) is 3.66. The number of hydrogen-bond acceptors (Lipinski definition) is 3. The zero-order chi connectivity index (χ0) is 6.85. The van der Waals surface area contributed by atoms with Gasteiger partial charge in [0, 0.05) is 0 Å². The molecule has 0 aromatic carbocycles. The van der Waals surface area contributed by atoms with Crippen LogP contribution < -0.4 is 5.32 Å². The molecule has 0 amide bonds. The van der Waals surface area contributed by atoms with Crippen LogP contribution in [-0.4, -0.2) is 17.5 Å². The lowest BCUT2D eigenvalue weighted by atomic mass is 10.2. The van der Waals surface area contributed by atoms with Gasteiger partial charge in [0.25, 0.3) is 0 Å². The summed E-state index contributed by atoms with van der Waals surface area (Å²) in [6.07, 6.45) is 1.60. The summed E-state index contributed by atoms with van der Waals surface area (Å²) < 4.78 is 0. The van der Waals surface area contributed by atoms with Gasteiger partial charge in [-0.05, 0) is 13.8 Å². The first kappa shape index (κ1) is 6.13. The van der Waals surface area contributed by atoms with E-state index >= 15 is 0 Å². The number of allylic oxidation sites excluding steroid dienone is 1. The van der Waals surface area contributed by atoms with Crippen LogP contribution in [0.15, 0.2) is 16.4 Å². The predicted octanol–water partition coefficient (Wildman–Crippen LogP) is 0.796. The molecule has 2 N–H and O–H groups in total. The lowest BCUT2D eigenvalue weighted by molar-refractivity contribution is 0.362. The molecule has 0 saturated carbocycles. The quantitative estimate of drug-likeness (QED) is 0.504. The Hall–Kier alpha value is -0.990. The number of aliphatic hydroxyl groups excluding tert-OH is 1. The number of nitrogens with one attached hydrogen (secondary N) is 1. The Labute approximate surface area is 54.1 Å². The van der Waals surface area contributed by atoms with E-state index in [-0.39, 0.29) is 6.04 Å². The van der Waals surface area contributed by atoms with E-state index in [0.29, 0.717) is 5.76 Å². The summed E-state index contributed by atoms with van der Waals surface area (Å²) in [5.74, 6) is 0.331. The van der Waals surface area contributed by atoms with Crippen LogP contribution in [0.2, 0.25) is 0 Å². The van der Waals surface area contributed by atoms with E-state index in [4.69, 9.17) is 5.11 Å². The monoisotopic (exact) mass is 126 g/mol. The van der Waals surface area contributed by atoms with Crippen molar-refractivity contribution in [3.63, 3.8) is 0 Å². The highest BCUT2D eigenvalue weighted by Crippen LogP contribution is 2.08. The highest BCUT2D eigenvalue weighted by atomic mass is 16.3. The average molecular weight is 126 g/mol. The molecule has 50 valence electrons. The van der Waals surface area contributed by atoms with Crippen LogP contribution in [0.25, 0.3) is 0 Å². The average Bonchev–Trinajstić information content (AvgIpc) is 1.83. The zero-order valence-corrected chi connectivity index (χ0v) is 5.55. The van der Waals surface area contributed by atoms with E-state index in [2.05, 4.69) is 10.3 Å². The molecule has 1 atom stereocenters. The molecule has 0 radical (unpaired) electrons. The summed E-state index contributed by atoms with van der Waals surface area (Å²) in [5.41, 5.74) is 0.789. The van der Waals surface area contributed by atoms with Gasteiger partial charge in [0.05, 0.1) is 12.0 Å². The van der Waals surface area contributed by atoms with Gasteiger partial charge in [-0.25, -0.2) is 0 Å². The first-order valence-electron chi connectivity index (χ1n) is 2.89. The molecule has 1 aliphatic rings. The van der Waals surface area contributed by atoms with Gasteiger partial charge in [0.2, 0.25) is 0 Å². The Morgan fingerprint density at radius 2 is 2.44 bits per heavy atom. The molecule has 0 spiro atoms. The van der Waals surface area contributed by atoms with Crippen LogP contribution in [0.3, 0.4) is 0 Å². The summed E-state index contributed by atoms with van der Waals surface area (Å²) >= 11 is 0. The minimum Gasteiger partial charge on any atom is -0.508 e. The highest BCUT2D eigenvalue weighted by Gasteiger charge is 2.10. The second-order valence-corrected chi connectivity index (χ2v) is 2.11. The van der Waals surface area contributed by atoms with Gasteiger partial charge in [0.15, 0.2) is 0 Å². The first-order valence-corrected chi connectivity index (χ1v) is 2.89. The van der Waals surface area contributed by atoms with Crippen LogP contribution in [0.4, 0.5) is 0 Å². The van der Waals surface area contributed by atoms with E-state index in [1.165, 1.54) is 0 Å². The van der Waals surface area contributed by atoms with Gasteiger partial charge in [-0.15, -0.1) is 0 Å². The van der Waals surface area contributed by atoms with E-state index < -0.39 is 0 Å². The van der Waals surface area contributed by atoms with Crippen LogP contribution in [0, 0.1) is 0 Å². The zero-order valence-electron chi connectivity index (χ0n) is 5.55. The fourth-order valence-electron chi connectivity index (χ4n) is 0.704. The maximum absolute atomic E-state index is 9.15. The second kappa shape index (κ2) is 2.09. The number of rotatable bonds is 0. The van der Waals surface area contributed by atoms with E-state index in [0.717, 1.165) is 5.70 Å². The Kier molecular flexibility index (Phi) is 1.42. The molecular weight excluding hydrogens is 116 g/mol. The molecule has 0 aromatic heterocycles. The van der Waals surface area contributed by atoms with Crippen LogP contribution in [0.5, 0.6) is 0 Å². The first-order chi connectivity index (χ1) is 4.22. The van der Waals surface area contributed by atoms with Crippen molar-refractivity contribution < 1.29 is 5.11 Å². The van der Waals surface area contributed by atoms with Crippen molar-refractivity contribution in [2.75, 3.05) is 0 Å². The van der Waals surface area contributed by atoms with Crippen molar-refractivity contribution in [1.82, 2.24) is 5.32 Å². The largest absolute Gasteiger partial charge is 0.508 e. The topological polar surface area (TPSA) is 44.6 Å². The van der Waals surface area contributed by atoms with E-state index in [9.17, 15) is 0 Å². The summed E-state index contributed by atoms with van der Waals surface area (Å²) in [7, 11) is 0. The molecule has 0 bridgehead atoms. The fourth-order valence-corrected chi connectivity index (χ4v) is 0.704. The molecular formula is C6H10N2O. The summed E-state index contributed by atoms with van der Waals surface area (Å²) in [4.78, 5) is 3.92. The Morgan fingerprint density at radius 1 is 1.78 bits per heavy atom. The highest BCUT2D eigenvalue weighted by molar-refractivity contribution is 5.59. The number of aliphatic hydroxyl groups is 1. The Bertz CT molecular complexity index is 172. The predicted molar refractivity (Wildman–Crippen MR) is 36.4 cm³/mol. The third-order valence-electron chi connectivity index (χ3n) is 1.36. The molecule has 0 fully saturated rings. The fraction of sp³-hybridized carbons (Fsp3) is 0.500. The van der Waals surface area contributed by atoms with Crippen LogP contribution >= 0.6 is 0 Å². The van der Waals surface area contributed by atoms with Crippen molar-refractivity contribution in [2.45, 2.75) is 19.9 Å². The van der Waals surface area contributed by atoms with Crippen LogP contribution in [0.1, 0.15) is 13.8 Å². The lowest BCUT2D eigenvalue weighted by Crippen LogP contribution is -2.21. The molecule has 0 aliphatic carbocycles. The smallest absolute Gasteiger partial charge is 0.135 e. The molecule has 1 unspecified atom stereocenters. The molecule has 0 aromatic rings. The molecule has 3 heteroatoms. The number of aliphatic imine (C=N–C) groups is 1. The van der Waals surface area contributed by atoms with Gasteiger partial charge in [-0.2, -0.15) is 0 Å². The summed E-state index contributed by atoms with van der Waals surface area (Å²) in [6, 6.07) is -0.0775. The maximum atomic E-state index is 9.15. The molecule has 3 nitrogen and oxygen atoms in total. The second-order valence-electron chi connectivity index (χ2n) is 2.11. The minimum atomic E-state index is -0.0775. The van der Waals surface area contributed by atoms with Gasteiger partial charge in [0.1, 0.15) is 11.8 Å². The number of hydrogen-bond donors (Lipinski definition) is 2. The molecule has 0 saturated heterocycles. The van der Waals surface area contributed by atoms with Gasteiger partial charge in [-0.1, -0.05) is 0 Å². The molecule has 1 rings (SSSR count). The van der Waals surface area contributed by atoms with Crippen molar-refractivity contribution in [2.24, 2.45) is 4.99 Å². The molecule has 9 heavy (non-hydrogen) atoms. The SMILES string of the molecule is CC1=C(O)C(C)N=CN1. The van der Waals surface area contributed by atoms with Crippen LogP contribution in [-0.2, 0) is 0 Å². The maximum Gasteiger partial charge on any atom is 0.135 e. The van der Waals surface area contributed by atoms with E-state index in [1.807, 2.05) is 13.8 Å². The van der Waals surface area contributed by atoms with Crippen molar-refractivity contribution in [3.05, 3.63) is 11.5 Å². The normalized spacial score (nSPS) is 26.2. The van der Waals surface area contributed by atoms with Gasteiger partial charge >= 0.3 is 0 Å². The molecule has 1 aliphatic heterocycles. The summed E-state index contributed by atoms with van der Waals surface area (Å²) in [5, 5.41) is 11.9. The third kappa shape index (κ3) is 1.04.